The first kappa shape index (κ1) is 30.5. The van der Waals surface area contributed by atoms with Crippen molar-refractivity contribution in [3.63, 3.8) is 0 Å². The molecular formula is C30H46N2O5. The van der Waals surface area contributed by atoms with Crippen molar-refractivity contribution in [2.24, 2.45) is 11.8 Å². The zero-order valence-electron chi connectivity index (χ0n) is 22.6. The zero-order valence-corrected chi connectivity index (χ0v) is 22.6. The third-order valence-corrected chi connectivity index (χ3v) is 7.40. The Morgan fingerprint density at radius 1 is 0.973 bits per heavy atom. The monoisotopic (exact) mass is 514 g/mol. The molecule has 1 saturated carbocycles. The topological polar surface area (TPSA) is 98.5 Å². The predicted molar refractivity (Wildman–Crippen MR) is 146 cm³/mol. The summed E-state index contributed by atoms with van der Waals surface area (Å²) in [5.74, 6) is 1.87. The highest BCUT2D eigenvalue weighted by molar-refractivity contribution is 5.78. The van der Waals surface area contributed by atoms with Gasteiger partial charge in [0.2, 0.25) is 5.91 Å². The Kier molecular flexibility index (Phi) is 15.3. The van der Waals surface area contributed by atoms with Crippen molar-refractivity contribution in [1.82, 2.24) is 5.32 Å². The van der Waals surface area contributed by atoms with Gasteiger partial charge in [0.1, 0.15) is 12.4 Å². The molecule has 1 aromatic carbocycles. The first-order valence-corrected chi connectivity index (χ1v) is 14.3. The van der Waals surface area contributed by atoms with E-state index >= 15 is 0 Å². The van der Waals surface area contributed by atoms with Gasteiger partial charge < -0.3 is 10.2 Å². The predicted octanol–water partition coefficient (Wildman–Crippen LogP) is 7.25. The van der Waals surface area contributed by atoms with Crippen molar-refractivity contribution in [2.45, 2.75) is 116 Å². The molecule has 0 radical (unpaired) electrons. The maximum Gasteiger partial charge on any atom is 0.294 e. The summed E-state index contributed by atoms with van der Waals surface area (Å²) in [4.78, 5) is 39.0. The van der Waals surface area contributed by atoms with E-state index < -0.39 is 5.09 Å². The number of hydrogen-bond acceptors (Lipinski definition) is 5. The van der Waals surface area contributed by atoms with Crippen LogP contribution in [0.25, 0.3) is 0 Å². The van der Waals surface area contributed by atoms with Crippen LogP contribution in [0.4, 0.5) is 0 Å². The van der Waals surface area contributed by atoms with Crippen molar-refractivity contribution in [3.05, 3.63) is 57.7 Å². The van der Waals surface area contributed by atoms with E-state index in [0.29, 0.717) is 36.1 Å². The standard InChI is InChI=1S/C30H46N2O5/c1-2-3-4-5-9-15-29(33)22-21-28-14-11-13-27(28)12-8-6-7-10-16-30(34)31-23-25-17-19-26(20-18-25)24-37-32(35)36/h6,8,17-20,27-28H,2-5,7,9-16,21-24H2,1H3,(H,31,34)/b8-6-. The van der Waals surface area contributed by atoms with E-state index in [4.69, 9.17) is 0 Å². The Labute approximate surface area is 222 Å². The SMILES string of the molecule is CCCCCCCC(=O)CCC1CCCC1C/C=C\CCCC(=O)NCc1ccc(CO[N+](=O)[O-])cc1. The lowest BCUT2D eigenvalue weighted by Gasteiger charge is -2.17. The Balaban J connectivity index is 1.53. The number of carbonyl (C=O) groups is 2. The number of amides is 1. The molecule has 7 nitrogen and oxygen atoms in total. The van der Waals surface area contributed by atoms with Gasteiger partial charge in [-0.3, -0.25) is 9.59 Å². The van der Waals surface area contributed by atoms with Gasteiger partial charge in [-0.2, -0.15) is 0 Å². The fraction of sp³-hybridized carbons (Fsp3) is 0.667. The van der Waals surface area contributed by atoms with Gasteiger partial charge in [-0.15, -0.1) is 10.1 Å². The van der Waals surface area contributed by atoms with E-state index in [1.54, 1.807) is 12.1 Å². The Hall–Kier alpha value is -2.70. The molecule has 0 bridgehead atoms. The van der Waals surface area contributed by atoms with Gasteiger partial charge in [0.15, 0.2) is 0 Å². The molecule has 1 aromatic rings. The van der Waals surface area contributed by atoms with E-state index in [1.165, 1.54) is 44.9 Å². The molecule has 7 heteroatoms. The minimum Gasteiger partial charge on any atom is -0.352 e. The molecule has 206 valence electrons. The normalized spacial score (nSPS) is 17.2. The van der Waals surface area contributed by atoms with E-state index in [-0.39, 0.29) is 12.5 Å². The van der Waals surface area contributed by atoms with Crippen LogP contribution in [0, 0.1) is 22.0 Å². The van der Waals surface area contributed by atoms with Gasteiger partial charge in [-0.1, -0.05) is 81.9 Å². The second-order valence-corrected chi connectivity index (χ2v) is 10.4. The van der Waals surface area contributed by atoms with Crippen LogP contribution in [0.1, 0.15) is 114 Å². The molecular weight excluding hydrogens is 468 g/mol. The molecule has 1 aliphatic rings. The van der Waals surface area contributed by atoms with Crippen molar-refractivity contribution < 1.29 is 19.5 Å². The lowest BCUT2D eigenvalue weighted by molar-refractivity contribution is -0.763. The van der Waals surface area contributed by atoms with Crippen LogP contribution >= 0.6 is 0 Å². The molecule has 1 N–H and O–H groups in total. The highest BCUT2D eigenvalue weighted by atomic mass is 16.9. The third kappa shape index (κ3) is 14.0. The Morgan fingerprint density at radius 2 is 1.70 bits per heavy atom. The Morgan fingerprint density at radius 3 is 2.46 bits per heavy atom. The van der Waals surface area contributed by atoms with Crippen LogP contribution in [0.2, 0.25) is 0 Å². The van der Waals surface area contributed by atoms with Crippen molar-refractivity contribution in [2.75, 3.05) is 0 Å². The maximum absolute atomic E-state index is 12.2. The lowest BCUT2D eigenvalue weighted by Crippen LogP contribution is -2.22. The molecule has 1 fully saturated rings. The zero-order chi connectivity index (χ0) is 26.7. The number of allylic oxidation sites excluding steroid dienone is 2. The number of rotatable bonds is 20. The minimum atomic E-state index is -0.809. The summed E-state index contributed by atoms with van der Waals surface area (Å²) in [5, 5.41) is 12.4. The van der Waals surface area contributed by atoms with Crippen molar-refractivity contribution >= 4 is 11.7 Å². The summed E-state index contributed by atoms with van der Waals surface area (Å²) in [7, 11) is 0. The number of nitrogens with zero attached hydrogens (tertiary/aromatic N) is 1. The molecule has 2 unspecified atom stereocenters. The first-order valence-electron chi connectivity index (χ1n) is 14.3. The maximum atomic E-state index is 12.2. The van der Waals surface area contributed by atoms with Gasteiger partial charge in [0.05, 0.1) is 0 Å². The summed E-state index contributed by atoms with van der Waals surface area (Å²) in [5.41, 5.74) is 1.65. The second-order valence-electron chi connectivity index (χ2n) is 10.4. The number of ketones is 1. The van der Waals surface area contributed by atoms with E-state index in [0.717, 1.165) is 50.5 Å². The fourth-order valence-electron chi connectivity index (χ4n) is 5.14. The number of unbranched alkanes of at least 4 members (excludes halogenated alkanes) is 5. The van der Waals surface area contributed by atoms with E-state index in [2.05, 4.69) is 29.2 Å². The van der Waals surface area contributed by atoms with Crippen LogP contribution in [0.15, 0.2) is 36.4 Å². The number of hydrogen-bond donors (Lipinski definition) is 1. The van der Waals surface area contributed by atoms with Gasteiger partial charge in [-0.25, -0.2) is 0 Å². The van der Waals surface area contributed by atoms with Crippen molar-refractivity contribution in [1.29, 1.82) is 0 Å². The summed E-state index contributed by atoms with van der Waals surface area (Å²) in [6.07, 6.45) is 20.2. The minimum absolute atomic E-state index is 0.0278. The first-order chi connectivity index (χ1) is 18.0. The highest BCUT2D eigenvalue weighted by Gasteiger charge is 2.26. The summed E-state index contributed by atoms with van der Waals surface area (Å²) in [6.45, 7) is 2.58. The molecule has 1 aliphatic carbocycles. The van der Waals surface area contributed by atoms with Crippen LogP contribution < -0.4 is 5.32 Å². The van der Waals surface area contributed by atoms with E-state index in [1.807, 2.05) is 12.1 Å². The van der Waals surface area contributed by atoms with Gasteiger partial charge in [-0.05, 0) is 61.5 Å². The summed E-state index contributed by atoms with van der Waals surface area (Å²) >= 11 is 0. The smallest absolute Gasteiger partial charge is 0.294 e. The van der Waals surface area contributed by atoms with Crippen LogP contribution in [0.3, 0.4) is 0 Å². The molecule has 2 atom stereocenters. The van der Waals surface area contributed by atoms with Crippen LogP contribution in [-0.4, -0.2) is 16.8 Å². The fourth-order valence-corrected chi connectivity index (χ4v) is 5.14. The quantitative estimate of drug-likeness (QED) is 0.0855. The largest absolute Gasteiger partial charge is 0.352 e. The summed E-state index contributed by atoms with van der Waals surface area (Å²) < 4.78 is 0. The number of Topliss-reactive ketones (excluding diaryl/α,β-unsaturated/α-hetero) is 1. The lowest BCUT2D eigenvalue weighted by atomic mass is 9.88. The molecule has 0 saturated heterocycles. The van der Waals surface area contributed by atoms with Crippen LogP contribution in [0.5, 0.6) is 0 Å². The average Bonchev–Trinajstić information content (AvgIpc) is 3.34. The van der Waals surface area contributed by atoms with Gasteiger partial charge >= 0.3 is 0 Å². The van der Waals surface area contributed by atoms with Gasteiger partial charge in [0, 0.05) is 25.8 Å². The molecule has 0 heterocycles. The summed E-state index contributed by atoms with van der Waals surface area (Å²) in [6, 6.07) is 7.20. The Bertz CT molecular complexity index is 837. The number of nitrogens with one attached hydrogen (secondary N) is 1. The molecule has 1 amide bonds. The second kappa shape index (κ2) is 18.5. The third-order valence-electron chi connectivity index (χ3n) is 7.40. The molecule has 2 rings (SSSR count). The van der Waals surface area contributed by atoms with Crippen LogP contribution in [-0.2, 0) is 27.6 Å². The molecule has 37 heavy (non-hydrogen) atoms. The molecule has 0 aliphatic heterocycles. The average molecular weight is 515 g/mol. The number of carbonyl (C=O) groups excluding carboxylic acids is 2. The highest BCUT2D eigenvalue weighted by Crippen LogP contribution is 2.37. The van der Waals surface area contributed by atoms with E-state index in [9.17, 15) is 19.7 Å². The van der Waals surface area contributed by atoms with Crippen molar-refractivity contribution in [3.8, 4) is 0 Å². The molecule has 0 spiro atoms. The van der Waals surface area contributed by atoms with Gasteiger partial charge in [0.25, 0.3) is 5.09 Å². The number of benzene rings is 1. The molecule has 0 aromatic heterocycles.